The Labute approximate surface area is 180 Å². The molecule has 0 atom stereocenters. The van der Waals surface area contributed by atoms with Gasteiger partial charge in [0.1, 0.15) is 6.61 Å². The van der Waals surface area contributed by atoms with Gasteiger partial charge in [0.25, 0.3) is 0 Å². The maximum Gasteiger partial charge on any atom is 0.411 e. The average molecular weight is 507 g/mol. The van der Waals surface area contributed by atoms with E-state index in [1.165, 1.54) is 11.1 Å². The number of hydrogen-bond acceptors (Lipinski definition) is 2. The van der Waals surface area contributed by atoms with E-state index in [9.17, 15) is 13.2 Å². The maximum atomic E-state index is 12.1. The SMILES string of the molecule is CN=C(NCc1ccc(COCC(F)(F)F)cc1)NCc1cccc(C)c1.I. The zero-order chi connectivity index (χ0) is 19.7. The average Bonchev–Trinajstić information content (AvgIpc) is 2.62. The summed E-state index contributed by atoms with van der Waals surface area (Å²) < 4.78 is 40.9. The fourth-order valence-electron chi connectivity index (χ4n) is 2.45. The highest BCUT2D eigenvalue weighted by Gasteiger charge is 2.27. The minimum absolute atomic E-state index is 0. The van der Waals surface area contributed by atoms with E-state index in [4.69, 9.17) is 0 Å². The van der Waals surface area contributed by atoms with Crippen LogP contribution in [0.5, 0.6) is 0 Å². The minimum atomic E-state index is -4.30. The molecule has 2 rings (SSSR count). The van der Waals surface area contributed by atoms with E-state index in [1.54, 1.807) is 19.2 Å². The van der Waals surface area contributed by atoms with E-state index < -0.39 is 12.8 Å². The molecule has 2 N–H and O–H groups in total. The monoisotopic (exact) mass is 507 g/mol. The molecule has 0 aliphatic carbocycles. The number of ether oxygens (including phenoxy) is 1. The third kappa shape index (κ3) is 9.41. The van der Waals surface area contributed by atoms with Crippen LogP contribution in [0.25, 0.3) is 0 Å². The lowest BCUT2D eigenvalue weighted by molar-refractivity contribution is -0.176. The van der Waals surface area contributed by atoms with E-state index in [0.29, 0.717) is 24.6 Å². The molecule has 0 bridgehead atoms. The van der Waals surface area contributed by atoms with Crippen LogP contribution in [-0.4, -0.2) is 25.8 Å². The molecule has 0 fully saturated rings. The molecule has 0 radical (unpaired) electrons. The second kappa shape index (κ2) is 11.9. The Hall–Kier alpha value is -1.81. The molecule has 0 aliphatic rings. The topological polar surface area (TPSA) is 45.7 Å². The quantitative estimate of drug-likeness (QED) is 0.328. The normalized spacial score (nSPS) is 11.7. The molecule has 0 aromatic heterocycles. The summed E-state index contributed by atoms with van der Waals surface area (Å²) in [4.78, 5) is 4.19. The van der Waals surface area contributed by atoms with Gasteiger partial charge in [-0.25, -0.2) is 0 Å². The fraction of sp³-hybridized carbons (Fsp3) is 0.350. The number of aliphatic imine (C=N–C) groups is 1. The van der Waals surface area contributed by atoms with Gasteiger partial charge < -0.3 is 15.4 Å². The first-order valence-electron chi connectivity index (χ1n) is 8.58. The zero-order valence-electron chi connectivity index (χ0n) is 15.8. The van der Waals surface area contributed by atoms with Gasteiger partial charge in [-0.2, -0.15) is 13.2 Å². The van der Waals surface area contributed by atoms with E-state index in [-0.39, 0.29) is 30.6 Å². The van der Waals surface area contributed by atoms with Crippen molar-refractivity contribution in [2.24, 2.45) is 4.99 Å². The highest BCUT2D eigenvalue weighted by molar-refractivity contribution is 14.0. The van der Waals surface area contributed by atoms with Crippen molar-refractivity contribution in [3.05, 3.63) is 70.8 Å². The maximum absolute atomic E-state index is 12.1. The van der Waals surface area contributed by atoms with Crippen LogP contribution in [0.4, 0.5) is 13.2 Å². The molecule has 0 amide bonds. The Morgan fingerprint density at radius 2 is 1.57 bits per heavy atom. The minimum Gasteiger partial charge on any atom is -0.367 e. The summed E-state index contributed by atoms with van der Waals surface area (Å²) in [6.07, 6.45) is -4.30. The van der Waals surface area contributed by atoms with E-state index >= 15 is 0 Å². The predicted octanol–water partition coefficient (Wildman–Crippen LogP) is 4.56. The van der Waals surface area contributed by atoms with Crippen molar-refractivity contribution in [3.63, 3.8) is 0 Å². The smallest absolute Gasteiger partial charge is 0.367 e. The van der Waals surface area contributed by atoms with E-state index in [1.807, 2.05) is 37.3 Å². The molecule has 4 nitrogen and oxygen atoms in total. The van der Waals surface area contributed by atoms with Crippen molar-refractivity contribution in [2.75, 3.05) is 13.7 Å². The molecule has 0 aliphatic heterocycles. The number of aryl methyl sites for hydroxylation is 1. The van der Waals surface area contributed by atoms with Gasteiger partial charge in [0.05, 0.1) is 6.61 Å². The van der Waals surface area contributed by atoms with Crippen LogP contribution in [-0.2, 0) is 24.4 Å². The van der Waals surface area contributed by atoms with Gasteiger partial charge in [0.15, 0.2) is 5.96 Å². The fourth-order valence-corrected chi connectivity index (χ4v) is 2.45. The second-order valence-corrected chi connectivity index (χ2v) is 6.19. The lowest BCUT2D eigenvalue weighted by atomic mass is 10.1. The van der Waals surface area contributed by atoms with Crippen molar-refractivity contribution in [1.29, 1.82) is 0 Å². The first-order chi connectivity index (χ1) is 12.9. The van der Waals surface area contributed by atoms with Gasteiger partial charge in [-0.05, 0) is 23.6 Å². The first-order valence-corrected chi connectivity index (χ1v) is 8.58. The number of alkyl halides is 3. The van der Waals surface area contributed by atoms with Gasteiger partial charge in [0.2, 0.25) is 0 Å². The molecular formula is C20H25F3IN3O. The van der Waals surface area contributed by atoms with Crippen LogP contribution in [0.3, 0.4) is 0 Å². The third-order valence-corrected chi connectivity index (χ3v) is 3.78. The van der Waals surface area contributed by atoms with Crippen LogP contribution >= 0.6 is 24.0 Å². The molecule has 0 unspecified atom stereocenters. The summed E-state index contributed by atoms with van der Waals surface area (Å²) in [6.45, 7) is 1.97. The summed E-state index contributed by atoms with van der Waals surface area (Å²) in [5.41, 5.74) is 4.07. The lowest BCUT2D eigenvalue weighted by Gasteiger charge is -2.13. The van der Waals surface area contributed by atoms with Crippen LogP contribution in [0, 0.1) is 6.92 Å². The Bertz CT molecular complexity index is 749. The number of rotatable bonds is 7. The molecule has 0 spiro atoms. The molecule has 8 heteroatoms. The van der Waals surface area contributed by atoms with Crippen LogP contribution < -0.4 is 10.6 Å². The zero-order valence-corrected chi connectivity index (χ0v) is 18.2. The Morgan fingerprint density at radius 3 is 2.14 bits per heavy atom. The van der Waals surface area contributed by atoms with Gasteiger partial charge in [-0.1, -0.05) is 54.1 Å². The predicted molar refractivity (Wildman–Crippen MR) is 116 cm³/mol. The lowest BCUT2D eigenvalue weighted by Crippen LogP contribution is -2.36. The standard InChI is InChI=1S/C20H24F3N3O.HI/c1-15-4-3-5-18(10-15)12-26-19(24-2)25-11-16-6-8-17(9-7-16)13-27-14-20(21,22)23;/h3-10H,11-14H2,1-2H3,(H2,24,25,26);1H. The number of guanidine groups is 1. The molecular weight excluding hydrogens is 482 g/mol. The number of nitrogens with zero attached hydrogens (tertiary/aromatic N) is 1. The van der Waals surface area contributed by atoms with Crippen molar-refractivity contribution in [2.45, 2.75) is 32.8 Å². The summed E-state index contributed by atoms with van der Waals surface area (Å²) in [6, 6.07) is 15.5. The number of hydrogen-bond donors (Lipinski definition) is 2. The Morgan fingerprint density at radius 1 is 0.964 bits per heavy atom. The van der Waals surface area contributed by atoms with Crippen molar-refractivity contribution < 1.29 is 17.9 Å². The third-order valence-electron chi connectivity index (χ3n) is 3.78. The molecule has 2 aromatic rings. The van der Waals surface area contributed by atoms with Crippen molar-refractivity contribution in [3.8, 4) is 0 Å². The van der Waals surface area contributed by atoms with Crippen molar-refractivity contribution >= 4 is 29.9 Å². The van der Waals surface area contributed by atoms with Crippen LogP contribution in [0.1, 0.15) is 22.3 Å². The van der Waals surface area contributed by atoms with Gasteiger partial charge in [-0.3, -0.25) is 4.99 Å². The number of nitrogens with one attached hydrogen (secondary N) is 2. The van der Waals surface area contributed by atoms with Gasteiger partial charge >= 0.3 is 6.18 Å². The highest BCUT2D eigenvalue weighted by Crippen LogP contribution is 2.15. The molecule has 0 saturated carbocycles. The first kappa shape index (κ1) is 24.2. The largest absolute Gasteiger partial charge is 0.411 e. The van der Waals surface area contributed by atoms with Crippen LogP contribution in [0.2, 0.25) is 0 Å². The van der Waals surface area contributed by atoms with E-state index in [0.717, 1.165) is 5.56 Å². The molecule has 2 aromatic carbocycles. The molecule has 0 saturated heterocycles. The summed E-state index contributed by atoms with van der Waals surface area (Å²) in [7, 11) is 1.70. The number of benzene rings is 2. The molecule has 28 heavy (non-hydrogen) atoms. The second-order valence-electron chi connectivity index (χ2n) is 6.19. The van der Waals surface area contributed by atoms with Crippen LogP contribution in [0.15, 0.2) is 53.5 Å². The summed E-state index contributed by atoms with van der Waals surface area (Å²) in [5, 5.41) is 6.46. The Kier molecular flexibility index (Phi) is 10.3. The summed E-state index contributed by atoms with van der Waals surface area (Å²) in [5.74, 6) is 0.675. The Balaban J connectivity index is 0.00000392. The van der Waals surface area contributed by atoms with E-state index in [2.05, 4.69) is 26.4 Å². The van der Waals surface area contributed by atoms with Crippen molar-refractivity contribution in [1.82, 2.24) is 10.6 Å². The molecule has 0 heterocycles. The number of halogens is 4. The summed E-state index contributed by atoms with van der Waals surface area (Å²) >= 11 is 0. The van der Waals surface area contributed by atoms with Gasteiger partial charge in [-0.15, -0.1) is 24.0 Å². The molecule has 154 valence electrons. The van der Waals surface area contributed by atoms with Gasteiger partial charge in [0, 0.05) is 20.1 Å². The highest BCUT2D eigenvalue weighted by atomic mass is 127.